The summed E-state index contributed by atoms with van der Waals surface area (Å²) in [6, 6.07) is 0. The molecule has 0 bridgehead atoms. The van der Waals surface area contributed by atoms with Crippen LogP contribution in [0, 0.1) is 5.41 Å². The van der Waals surface area contributed by atoms with Crippen molar-refractivity contribution in [3.63, 3.8) is 0 Å². The molecular formula is C8H17N3O. The fraction of sp³-hybridized carbons (Fsp3) is 0.750. The largest absolute Gasteiger partial charge is 0.330 e. The van der Waals surface area contributed by atoms with Crippen molar-refractivity contribution in [2.24, 2.45) is 16.3 Å². The highest BCUT2D eigenvalue weighted by molar-refractivity contribution is 5.81. The van der Waals surface area contributed by atoms with Gasteiger partial charge in [0.15, 0.2) is 0 Å². The lowest BCUT2D eigenvalue weighted by Gasteiger charge is -2.14. The average molecular weight is 171 g/mol. The molecule has 4 heteroatoms. The summed E-state index contributed by atoms with van der Waals surface area (Å²) in [5, 5.41) is 3.72. The van der Waals surface area contributed by atoms with Gasteiger partial charge in [0.25, 0.3) is 0 Å². The Morgan fingerprint density at radius 2 is 2.17 bits per heavy atom. The first-order valence-corrected chi connectivity index (χ1v) is 4.00. The van der Waals surface area contributed by atoms with Crippen molar-refractivity contribution >= 4 is 12.1 Å². The minimum Gasteiger partial charge on any atom is -0.330 e. The van der Waals surface area contributed by atoms with E-state index in [1.54, 1.807) is 6.21 Å². The molecule has 0 saturated carbocycles. The van der Waals surface area contributed by atoms with E-state index in [1.807, 2.05) is 20.8 Å². The third-order valence-electron chi connectivity index (χ3n) is 1.23. The Hall–Kier alpha value is -0.900. The third-order valence-corrected chi connectivity index (χ3v) is 1.23. The van der Waals surface area contributed by atoms with Crippen LogP contribution in [-0.2, 0) is 4.79 Å². The highest BCUT2D eigenvalue weighted by atomic mass is 16.2. The fourth-order valence-electron chi connectivity index (χ4n) is 0.411. The van der Waals surface area contributed by atoms with Gasteiger partial charge in [-0.3, -0.25) is 4.79 Å². The molecule has 0 aromatic carbocycles. The van der Waals surface area contributed by atoms with Crippen LogP contribution in [0.15, 0.2) is 5.10 Å². The molecule has 0 atom stereocenters. The Morgan fingerprint density at radius 3 is 2.58 bits per heavy atom. The summed E-state index contributed by atoms with van der Waals surface area (Å²) < 4.78 is 0. The lowest BCUT2D eigenvalue weighted by molar-refractivity contribution is -0.128. The predicted octanol–water partition coefficient (Wildman–Crippen LogP) is 0.483. The van der Waals surface area contributed by atoms with Gasteiger partial charge in [-0.05, 0) is 13.0 Å². The van der Waals surface area contributed by atoms with Crippen LogP contribution in [0.1, 0.15) is 27.2 Å². The summed E-state index contributed by atoms with van der Waals surface area (Å²) in [6.45, 7) is 6.05. The molecule has 0 heterocycles. The zero-order valence-electron chi connectivity index (χ0n) is 7.92. The minimum absolute atomic E-state index is 0.0872. The Kier molecular flexibility index (Phi) is 4.51. The van der Waals surface area contributed by atoms with E-state index >= 15 is 0 Å². The summed E-state index contributed by atoms with van der Waals surface area (Å²) >= 11 is 0. The van der Waals surface area contributed by atoms with Gasteiger partial charge in [-0.25, -0.2) is 5.43 Å². The Bertz CT molecular complexity index is 170. The number of nitrogens with two attached hydrogens (primary N) is 1. The van der Waals surface area contributed by atoms with Crippen molar-refractivity contribution in [2.45, 2.75) is 27.2 Å². The van der Waals surface area contributed by atoms with E-state index in [2.05, 4.69) is 10.5 Å². The molecule has 3 N–H and O–H groups in total. The second-order valence-electron chi connectivity index (χ2n) is 3.58. The van der Waals surface area contributed by atoms with Gasteiger partial charge in [0.05, 0.1) is 0 Å². The number of carbonyl (C=O) groups excluding carboxylic acids is 1. The second kappa shape index (κ2) is 4.87. The lowest BCUT2D eigenvalue weighted by atomic mass is 9.96. The van der Waals surface area contributed by atoms with Gasteiger partial charge < -0.3 is 5.73 Å². The van der Waals surface area contributed by atoms with E-state index in [-0.39, 0.29) is 11.3 Å². The molecule has 0 saturated heterocycles. The fourth-order valence-corrected chi connectivity index (χ4v) is 0.411. The van der Waals surface area contributed by atoms with Gasteiger partial charge in [0.1, 0.15) is 0 Å². The maximum absolute atomic E-state index is 11.2. The number of amides is 1. The zero-order chi connectivity index (χ0) is 9.61. The Balaban J connectivity index is 3.72. The number of rotatable bonds is 3. The SMILES string of the molecule is CC(C)(C)C(=O)NN=CCCN. The van der Waals surface area contributed by atoms with E-state index < -0.39 is 0 Å². The van der Waals surface area contributed by atoms with Gasteiger partial charge in [-0.15, -0.1) is 0 Å². The van der Waals surface area contributed by atoms with E-state index in [0.29, 0.717) is 13.0 Å². The van der Waals surface area contributed by atoms with Gasteiger partial charge in [0, 0.05) is 11.6 Å². The van der Waals surface area contributed by atoms with Crippen LogP contribution in [0.3, 0.4) is 0 Å². The van der Waals surface area contributed by atoms with Crippen molar-refractivity contribution in [3.8, 4) is 0 Å². The van der Waals surface area contributed by atoms with Crippen LogP contribution in [0.5, 0.6) is 0 Å². The molecule has 0 rings (SSSR count). The first-order chi connectivity index (χ1) is 5.48. The standard InChI is InChI=1S/C8H17N3O/c1-8(2,3)7(12)11-10-6-4-5-9/h6H,4-5,9H2,1-3H3,(H,11,12). The van der Waals surface area contributed by atoms with Crippen LogP contribution in [0.4, 0.5) is 0 Å². The van der Waals surface area contributed by atoms with Crippen LogP contribution < -0.4 is 11.2 Å². The predicted molar refractivity (Wildman–Crippen MR) is 49.8 cm³/mol. The number of hydrogen-bond acceptors (Lipinski definition) is 3. The number of nitrogens with zero attached hydrogens (tertiary/aromatic N) is 1. The number of carbonyl (C=O) groups is 1. The first-order valence-electron chi connectivity index (χ1n) is 4.00. The maximum Gasteiger partial charge on any atom is 0.245 e. The quantitative estimate of drug-likeness (QED) is 0.479. The minimum atomic E-state index is -0.389. The van der Waals surface area contributed by atoms with E-state index in [0.717, 1.165) is 0 Å². The summed E-state index contributed by atoms with van der Waals surface area (Å²) in [4.78, 5) is 11.2. The van der Waals surface area contributed by atoms with Crippen molar-refractivity contribution in [1.82, 2.24) is 5.43 Å². The molecule has 4 nitrogen and oxygen atoms in total. The van der Waals surface area contributed by atoms with Crippen LogP contribution in [-0.4, -0.2) is 18.7 Å². The molecule has 0 aromatic heterocycles. The molecule has 0 aromatic rings. The van der Waals surface area contributed by atoms with Crippen LogP contribution in [0.2, 0.25) is 0 Å². The van der Waals surface area contributed by atoms with Gasteiger partial charge >= 0.3 is 0 Å². The third kappa shape index (κ3) is 4.85. The molecule has 0 spiro atoms. The normalized spacial score (nSPS) is 12.0. The molecule has 0 radical (unpaired) electrons. The molecule has 0 unspecified atom stereocenters. The zero-order valence-corrected chi connectivity index (χ0v) is 7.92. The number of nitrogens with one attached hydrogen (secondary N) is 1. The smallest absolute Gasteiger partial charge is 0.245 e. The van der Waals surface area contributed by atoms with Gasteiger partial charge in [0.2, 0.25) is 5.91 Å². The maximum atomic E-state index is 11.2. The molecule has 0 aliphatic heterocycles. The van der Waals surface area contributed by atoms with E-state index in [4.69, 9.17) is 5.73 Å². The highest BCUT2D eigenvalue weighted by Crippen LogP contribution is 2.11. The Morgan fingerprint density at radius 1 is 1.58 bits per heavy atom. The van der Waals surface area contributed by atoms with Crippen molar-refractivity contribution in [3.05, 3.63) is 0 Å². The Labute approximate surface area is 73.2 Å². The molecule has 1 amide bonds. The summed E-state index contributed by atoms with van der Waals surface area (Å²) in [7, 11) is 0. The first kappa shape index (κ1) is 11.1. The van der Waals surface area contributed by atoms with E-state index in [9.17, 15) is 4.79 Å². The highest BCUT2D eigenvalue weighted by Gasteiger charge is 2.20. The summed E-state index contributed by atoms with van der Waals surface area (Å²) in [6.07, 6.45) is 2.29. The summed E-state index contributed by atoms with van der Waals surface area (Å²) in [5.41, 5.74) is 7.27. The molecule has 70 valence electrons. The lowest BCUT2D eigenvalue weighted by Crippen LogP contribution is -2.31. The van der Waals surface area contributed by atoms with Crippen molar-refractivity contribution < 1.29 is 4.79 Å². The molecule has 0 aliphatic rings. The van der Waals surface area contributed by atoms with Crippen molar-refractivity contribution in [1.29, 1.82) is 0 Å². The second-order valence-corrected chi connectivity index (χ2v) is 3.58. The summed E-state index contributed by atoms with van der Waals surface area (Å²) in [5.74, 6) is -0.0872. The number of hydrazone groups is 1. The van der Waals surface area contributed by atoms with Crippen LogP contribution >= 0.6 is 0 Å². The molecular weight excluding hydrogens is 154 g/mol. The monoisotopic (exact) mass is 171 g/mol. The van der Waals surface area contributed by atoms with E-state index in [1.165, 1.54) is 0 Å². The van der Waals surface area contributed by atoms with Gasteiger partial charge in [-0.1, -0.05) is 20.8 Å². The average Bonchev–Trinajstić information content (AvgIpc) is 1.96. The topological polar surface area (TPSA) is 67.5 Å². The number of hydrogen-bond donors (Lipinski definition) is 2. The van der Waals surface area contributed by atoms with Crippen LogP contribution in [0.25, 0.3) is 0 Å². The van der Waals surface area contributed by atoms with Crippen molar-refractivity contribution in [2.75, 3.05) is 6.54 Å². The molecule has 0 aliphatic carbocycles. The molecule has 0 fully saturated rings. The van der Waals surface area contributed by atoms with Gasteiger partial charge in [-0.2, -0.15) is 5.10 Å². The molecule has 12 heavy (non-hydrogen) atoms.